The van der Waals surface area contributed by atoms with Gasteiger partial charge in [-0.2, -0.15) is 0 Å². The molecule has 0 atom stereocenters. The molecule has 2 nitrogen and oxygen atoms in total. The van der Waals surface area contributed by atoms with Crippen LogP contribution in [-0.2, 0) is 0 Å². The van der Waals surface area contributed by atoms with Gasteiger partial charge in [0.25, 0.3) is 0 Å². The van der Waals surface area contributed by atoms with Crippen LogP contribution in [0.4, 0.5) is 0 Å². The summed E-state index contributed by atoms with van der Waals surface area (Å²) >= 11 is 0. The fraction of sp³-hybridized carbons (Fsp3) is 0.750. The number of allylic oxidation sites excluding steroid dienone is 1. The zero-order valence-corrected chi connectivity index (χ0v) is 7.96. The van der Waals surface area contributed by atoms with E-state index in [1.807, 2.05) is 0 Å². The highest BCUT2D eigenvalue weighted by molar-refractivity contribution is 6.59. The topological polar surface area (TPSA) is 6.48 Å². The molecular formula is C8H17BN2. The molecule has 1 aliphatic rings. The van der Waals surface area contributed by atoms with E-state index in [0.717, 1.165) is 0 Å². The lowest BCUT2D eigenvalue weighted by Crippen LogP contribution is -2.38. The summed E-state index contributed by atoms with van der Waals surface area (Å²) in [7, 11) is 4.35. The quantitative estimate of drug-likeness (QED) is 0.514. The summed E-state index contributed by atoms with van der Waals surface area (Å²) in [6, 6.07) is 0. The highest BCUT2D eigenvalue weighted by Gasteiger charge is 2.28. The number of hydrogen-bond acceptors (Lipinski definition) is 2. The molecular weight excluding hydrogens is 135 g/mol. The smallest absolute Gasteiger partial charge is 0.326 e. The summed E-state index contributed by atoms with van der Waals surface area (Å²) < 4.78 is 0. The third kappa shape index (κ3) is 2.07. The third-order valence-corrected chi connectivity index (χ3v) is 2.19. The average molecular weight is 152 g/mol. The van der Waals surface area contributed by atoms with E-state index in [2.05, 4.69) is 43.5 Å². The second kappa shape index (κ2) is 3.41. The van der Waals surface area contributed by atoms with E-state index >= 15 is 0 Å². The van der Waals surface area contributed by atoms with Gasteiger partial charge >= 0.3 is 6.98 Å². The Hall–Kier alpha value is -0.275. The van der Waals surface area contributed by atoms with Crippen LogP contribution in [0.5, 0.6) is 0 Å². The fourth-order valence-electron chi connectivity index (χ4n) is 1.47. The zero-order chi connectivity index (χ0) is 8.43. The molecule has 0 saturated carbocycles. The maximum absolute atomic E-state index is 2.37. The van der Waals surface area contributed by atoms with Gasteiger partial charge in [0.2, 0.25) is 0 Å². The summed E-state index contributed by atoms with van der Waals surface area (Å²) in [5, 5.41) is 0. The lowest BCUT2D eigenvalue weighted by molar-refractivity contribution is 0.553. The van der Waals surface area contributed by atoms with Crippen LogP contribution in [0.2, 0.25) is 0 Å². The minimum Gasteiger partial charge on any atom is -0.326 e. The van der Waals surface area contributed by atoms with Gasteiger partial charge in [0, 0.05) is 13.1 Å². The number of likely N-dealkylation sites (N-methyl/N-ethyl adjacent to an activating group) is 2. The zero-order valence-electron chi connectivity index (χ0n) is 7.96. The van der Waals surface area contributed by atoms with E-state index in [9.17, 15) is 0 Å². The van der Waals surface area contributed by atoms with Crippen molar-refractivity contribution in [2.24, 2.45) is 0 Å². The predicted octanol–water partition coefficient (Wildman–Crippen LogP) is 0.857. The Balaban J connectivity index is 2.61. The van der Waals surface area contributed by atoms with E-state index in [4.69, 9.17) is 0 Å². The second-order valence-corrected chi connectivity index (χ2v) is 3.62. The number of rotatable bonds is 1. The average Bonchev–Trinajstić information content (AvgIpc) is 2.18. The van der Waals surface area contributed by atoms with Gasteiger partial charge in [-0.15, -0.1) is 0 Å². The summed E-state index contributed by atoms with van der Waals surface area (Å²) in [6.07, 6.45) is 0. The Morgan fingerprint density at radius 3 is 2.00 bits per heavy atom. The van der Waals surface area contributed by atoms with Crippen LogP contribution in [0.25, 0.3) is 0 Å². The number of hydrogen-bond donors (Lipinski definition) is 0. The first-order chi connectivity index (χ1) is 5.11. The van der Waals surface area contributed by atoms with Crippen molar-refractivity contribution in [3.05, 3.63) is 11.5 Å². The molecule has 1 fully saturated rings. The van der Waals surface area contributed by atoms with Gasteiger partial charge in [-0.3, -0.25) is 0 Å². The third-order valence-electron chi connectivity index (χ3n) is 2.19. The molecule has 0 amide bonds. The maximum Gasteiger partial charge on any atom is 0.338 e. The Labute approximate surface area is 70.0 Å². The van der Waals surface area contributed by atoms with Gasteiger partial charge in [-0.05, 0) is 27.9 Å². The largest absolute Gasteiger partial charge is 0.338 e. The van der Waals surface area contributed by atoms with Gasteiger partial charge in [-0.25, -0.2) is 0 Å². The lowest BCUT2D eigenvalue weighted by atomic mass is 9.73. The molecule has 0 bridgehead atoms. The first kappa shape index (κ1) is 8.82. The van der Waals surface area contributed by atoms with Crippen LogP contribution in [-0.4, -0.2) is 43.8 Å². The minimum absolute atomic E-state index is 0.528. The molecule has 3 heteroatoms. The second-order valence-electron chi connectivity index (χ2n) is 3.62. The van der Waals surface area contributed by atoms with E-state index < -0.39 is 0 Å². The molecule has 0 aliphatic carbocycles. The van der Waals surface area contributed by atoms with Gasteiger partial charge in [-0.1, -0.05) is 11.5 Å². The van der Waals surface area contributed by atoms with Crippen molar-refractivity contribution in [2.75, 3.05) is 27.2 Å². The summed E-state index contributed by atoms with van der Waals surface area (Å²) in [5.41, 5.74) is 1.40. The SMILES string of the molecule is CC(C)=CB1N(C)CCN1C. The molecule has 0 aromatic carbocycles. The van der Waals surface area contributed by atoms with Crippen molar-refractivity contribution in [3.8, 4) is 0 Å². The molecule has 11 heavy (non-hydrogen) atoms. The maximum atomic E-state index is 2.37. The first-order valence-corrected chi connectivity index (χ1v) is 4.17. The molecule has 1 aliphatic heterocycles. The van der Waals surface area contributed by atoms with Crippen LogP contribution >= 0.6 is 0 Å². The molecule has 1 rings (SSSR count). The van der Waals surface area contributed by atoms with Crippen molar-refractivity contribution < 1.29 is 0 Å². The molecule has 1 heterocycles. The van der Waals surface area contributed by atoms with Crippen molar-refractivity contribution in [3.63, 3.8) is 0 Å². The standard InChI is InChI=1S/C8H17BN2/c1-8(2)7-9-10(3)5-6-11(9)4/h7H,5-6H2,1-4H3. The van der Waals surface area contributed by atoms with Crippen molar-refractivity contribution in [2.45, 2.75) is 13.8 Å². The highest BCUT2D eigenvalue weighted by Crippen LogP contribution is 2.08. The van der Waals surface area contributed by atoms with Crippen LogP contribution in [0, 0.1) is 0 Å². The summed E-state index contributed by atoms with van der Waals surface area (Å²) in [6.45, 7) is 7.20. The molecule has 0 aromatic heterocycles. The van der Waals surface area contributed by atoms with Crippen molar-refractivity contribution in [1.29, 1.82) is 0 Å². The molecule has 0 spiro atoms. The monoisotopic (exact) mass is 152 g/mol. The van der Waals surface area contributed by atoms with Crippen LogP contribution in [0.15, 0.2) is 11.5 Å². The molecule has 62 valence electrons. The molecule has 0 aromatic rings. The predicted molar refractivity (Wildman–Crippen MR) is 50.4 cm³/mol. The van der Waals surface area contributed by atoms with E-state index in [-0.39, 0.29) is 0 Å². The summed E-state index contributed by atoms with van der Waals surface area (Å²) in [5.74, 6) is 2.31. The molecule has 1 saturated heterocycles. The molecule has 0 radical (unpaired) electrons. The van der Waals surface area contributed by atoms with Gasteiger partial charge in [0.1, 0.15) is 0 Å². The van der Waals surface area contributed by atoms with E-state index in [1.165, 1.54) is 18.7 Å². The normalized spacial score (nSPS) is 20.9. The van der Waals surface area contributed by atoms with E-state index in [0.29, 0.717) is 6.98 Å². The van der Waals surface area contributed by atoms with Gasteiger partial charge in [0.15, 0.2) is 0 Å². The summed E-state index contributed by atoms with van der Waals surface area (Å²) in [4.78, 5) is 4.74. The van der Waals surface area contributed by atoms with Crippen LogP contribution < -0.4 is 0 Å². The van der Waals surface area contributed by atoms with Gasteiger partial charge < -0.3 is 9.62 Å². The Morgan fingerprint density at radius 2 is 1.64 bits per heavy atom. The Bertz CT molecular complexity index is 153. The highest BCUT2D eigenvalue weighted by atomic mass is 15.3. The minimum atomic E-state index is 0.528. The fourth-order valence-corrected chi connectivity index (χ4v) is 1.47. The van der Waals surface area contributed by atoms with Crippen LogP contribution in [0.1, 0.15) is 13.8 Å². The van der Waals surface area contributed by atoms with Gasteiger partial charge in [0.05, 0.1) is 0 Å². The lowest BCUT2D eigenvalue weighted by Gasteiger charge is -2.16. The molecule has 0 unspecified atom stereocenters. The van der Waals surface area contributed by atoms with Crippen molar-refractivity contribution >= 4 is 6.98 Å². The van der Waals surface area contributed by atoms with Crippen LogP contribution in [0.3, 0.4) is 0 Å². The number of nitrogens with zero attached hydrogens (tertiary/aromatic N) is 2. The van der Waals surface area contributed by atoms with Crippen molar-refractivity contribution in [1.82, 2.24) is 9.62 Å². The first-order valence-electron chi connectivity index (χ1n) is 4.17. The Kier molecular flexibility index (Phi) is 2.74. The molecule has 0 N–H and O–H groups in total. The van der Waals surface area contributed by atoms with E-state index in [1.54, 1.807) is 0 Å². The Morgan fingerprint density at radius 1 is 1.18 bits per heavy atom.